The molecule has 0 bridgehead atoms. The third-order valence-corrected chi connectivity index (χ3v) is 6.39. The lowest BCUT2D eigenvalue weighted by Crippen LogP contribution is -2.49. The molecular formula is C28H27F3N6O3. The summed E-state index contributed by atoms with van der Waals surface area (Å²) >= 11 is 0. The fourth-order valence-electron chi connectivity index (χ4n) is 4.23. The van der Waals surface area contributed by atoms with Gasteiger partial charge in [0.05, 0.1) is 11.8 Å². The Kier molecular flexibility index (Phi) is 8.52. The average Bonchev–Trinajstić information content (AvgIpc) is 2.96. The number of hydrogen-bond acceptors (Lipinski definition) is 7. The van der Waals surface area contributed by atoms with Crippen LogP contribution < -0.4 is 4.90 Å². The Morgan fingerprint density at radius 2 is 1.65 bits per heavy atom. The predicted octanol–water partition coefficient (Wildman–Crippen LogP) is 3.44. The van der Waals surface area contributed by atoms with E-state index in [0.717, 1.165) is 12.1 Å². The first-order chi connectivity index (χ1) is 19.1. The standard InChI is InChI=1S/C28H27F3N6O3/c1-3-35(4-2)27(40)24-7-8-25(34-33-24)36-9-11-37(12-10-36)26(39)21-13-19(14-22(16-21)28(29,30)31)5-6-20-15-23(38)18-32-17-20/h7-8,13-18,38H,3-4,9-12H2,1-2H3. The van der Waals surface area contributed by atoms with Crippen LogP contribution in [-0.4, -0.2) is 81.2 Å². The molecule has 0 aliphatic carbocycles. The molecular weight excluding hydrogens is 525 g/mol. The smallest absolute Gasteiger partial charge is 0.416 e. The quantitative estimate of drug-likeness (QED) is 0.484. The summed E-state index contributed by atoms with van der Waals surface area (Å²) in [5.74, 6) is 4.97. The average molecular weight is 553 g/mol. The number of anilines is 1. The van der Waals surface area contributed by atoms with E-state index >= 15 is 0 Å². The minimum absolute atomic E-state index is 0.00905. The van der Waals surface area contributed by atoms with Crippen LogP contribution in [0.5, 0.6) is 5.75 Å². The van der Waals surface area contributed by atoms with Crippen LogP contribution in [0, 0.1) is 11.8 Å². The molecule has 208 valence electrons. The lowest BCUT2D eigenvalue weighted by atomic mass is 10.0. The number of pyridine rings is 1. The minimum atomic E-state index is -4.67. The maximum atomic E-state index is 13.6. The molecule has 0 atom stereocenters. The van der Waals surface area contributed by atoms with Crippen molar-refractivity contribution in [3.05, 3.63) is 76.7 Å². The van der Waals surface area contributed by atoms with Crippen molar-refractivity contribution in [2.24, 2.45) is 0 Å². The monoisotopic (exact) mass is 552 g/mol. The van der Waals surface area contributed by atoms with Crippen molar-refractivity contribution in [2.75, 3.05) is 44.2 Å². The topological polar surface area (TPSA) is 103 Å². The van der Waals surface area contributed by atoms with Gasteiger partial charge in [0.25, 0.3) is 11.8 Å². The predicted molar refractivity (Wildman–Crippen MR) is 141 cm³/mol. The van der Waals surface area contributed by atoms with Crippen LogP contribution >= 0.6 is 0 Å². The van der Waals surface area contributed by atoms with Gasteiger partial charge in [-0.25, -0.2) is 0 Å². The summed E-state index contributed by atoms with van der Waals surface area (Å²) in [6.07, 6.45) is -2.09. The molecule has 1 saturated heterocycles. The zero-order valence-electron chi connectivity index (χ0n) is 21.9. The minimum Gasteiger partial charge on any atom is -0.506 e. The molecule has 2 amide bonds. The first kappa shape index (κ1) is 28.4. The Morgan fingerprint density at radius 3 is 2.25 bits per heavy atom. The van der Waals surface area contributed by atoms with Crippen molar-refractivity contribution in [3.63, 3.8) is 0 Å². The van der Waals surface area contributed by atoms with Crippen molar-refractivity contribution >= 4 is 17.6 Å². The number of aromatic hydroxyl groups is 1. The number of nitrogens with zero attached hydrogens (tertiary/aromatic N) is 6. The number of aromatic nitrogens is 3. The number of carbonyl (C=O) groups excluding carboxylic acids is 2. The van der Waals surface area contributed by atoms with Crippen LogP contribution in [0.25, 0.3) is 0 Å². The first-order valence-corrected chi connectivity index (χ1v) is 12.6. The van der Waals surface area contributed by atoms with Crippen LogP contribution in [0.4, 0.5) is 19.0 Å². The van der Waals surface area contributed by atoms with Gasteiger partial charge >= 0.3 is 6.18 Å². The number of amides is 2. The van der Waals surface area contributed by atoms with E-state index in [2.05, 4.69) is 27.0 Å². The van der Waals surface area contributed by atoms with E-state index in [1.165, 1.54) is 29.4 Å². The van der Waals surface area contributed by atoms with E-state index in [1.807, 2.05) is 18.7 Å². The van der Waals surface area contributed by atoms with Crippen molar-refractivity contribution in [1.82, 2.24) is 25.0 Å². The van der Waals surface area contributed by atoms with Gasteiger partial charge in [0, 0.05) is 62.2 Å². The number of alkyl halides is 3. The van der Waals surface area contributed by atoms with Gasteiger partial charge in [-0.15, -0.1) is 10.2 Å². The Labute approximate surface area is 229 Å². The van der Waals surface area contributed by atoms with Crippen LogP contribution in [0.2, 0.25) is 0 Å². The number of benzene rings is 1. The van der Waals surface area contributed by atoms with Gasteiger partial charge in [-0.1, -0.05) is 11.8 Å². The Hall–Kier alpha value is -4.66. The number of rotatable bonds is 5. The molecule has 12 heteroatoms. The number of halogens is 3. The van der Waals surface area contributed by atoms with E-state index < -0.39 is 17.6 Å². The van der Waals surface area contributed by atoms with Gasteiger partial charge in [-0.3, -0.25) is 14.6 Å². The third kappa shape index (κ3) is 6.66. The summed E-state index contributed by atoms with van der Waals surface area (Å²) < 4.78 is 40.8. The van der Waals surface area contributed by atoms with Gasteiger partial charge < -0.3 is 19.8 Å². The second-order valence-corrected chi connectivity index (χ2v) is 9.01. The maximum absolute atomic E-state index is 13.6. The zero-order chi connectivity index (χ0) is 28.9. The molecule has 1 aliphatic heterocycles. The Balaban J connectivity index is 1.47. The highest BCUT2D eigenvalue weighted by atomic mass is 19.4. The first-order valence-electron chi connectivity index (χ1n) is 12.6. The third-order valence-electron chi connectivity index (χ3n) is 6.39. The molecule has 2 aromatic heterocycles. The van der Waals surface area contributed by atoms with Gasteiger partial charge in [-0.05, 0) is 50.2 Å². The number of hydrogen-bond donors (Lipinski definition) is 1. The normalized spacial score (nSPS) is 13.4. The second kappa shape index (κ2) is 12.0. The van der Waals surface area contributed by atoms with Crippen LogP contribution in [0.3, 0.4) is 0 Å². The lowest BCUT2D eigenvalue weighted by Gasteiger charge is -2.35. The summed E-state index contributed by atoms with van der Waals surface area (Å²) in [5.41, 5.74) is -0.541. The molecule has 1 N–H and O–H groups in total. The van der Waals surface area contributed by atoms with Gasteiger partial charge in [-0.2, -0.15) is 13.2 Å². The summed E-state index contributed by atoms with van der Waals surface area (Å²) in [6, 6.07) is 7.67. The Morgan fingerprint density at radius 1 is 0.950 bits per heavy atom. The fraction of sp³-hybridized carbons (Fsp3) is 0.321. The molecule has 9 nitrogen and oxygen atoms in total. The highest BCUT2D eigenvalue weighted by Gasteiger charge is 2.33. The van der Waals surface area contributed by atoms with E-state index in [9.17, 15) is 27.9 Å². The summed E-state index contributed by atoms with van der Waals surface area (Å²) in [5, 5.41) is 17.8. The summed E-state index contributed by atoms with van der Waals surface area (Å²) in [7, 11) is 0. The molecule has 0 radical (unpaired) electrons. The van der Waals surface area contributed by atoms with E-state index in [-0.39, 0.29) is 41.6 Å². The highest BCUT2D eigenvalue weighted by Crippen LogP contribution is 2.31. The van der Waals surface area contributed by atoms with Crippen molar-refractivity contribution < 1.29 is 27.9 Å². The molecule has 3 aromatic rings. The molecule has 1 aromatic carbocycles. The molecule has 3 heterocycles. The molecule has 40 heavy (non-hydrogen) atoms. The molecule has 0 spiro atoms. The number of piperazine rings is 1. The van der Waals surface area contributed by atoms with E-state index in [0.29, 0.717) is 37.6 Å². The zero-order valence-corrected chi connectivity index (χ0v) is 21.9. The van der Waals surface area contributed by atoms with Gasteiger partial charge in [0.15, 0.2) is 11.5 Å². The molecule has 0 unspecified atom stereocenters. The maximum Gasteiger partial charge on any atom is 0.416 e. The largest absolute Gasteiger partial charge is 0.506 e. The van der Waals surface area contributed by atoms with Crippen molar-refractivity contribution in [1.29, 1.82) is 0 Å². The summed E-state index contributed by atoms with van der Waals surface area (Å²) in [6.45, 7) is 6.17. The van der Waals surface area contributed by atoms with Crippen LogP contribution in [-0.2, 0) is 6.18 Å². The van der Waals surface area contributed by atoms with Gasteiger partial charge in [0.2, 0.25) is 0 Å². The van der Waals surface area contributed by atoms with Crippen LogP contribution in [0.1, 0.15) is 51.4 Å². The molecule has 1 fully saturated rings. The number of carbonyl (C=O) groups is 2. The molecule has 0 saturated carbocycles. The lowest BCUT2D eigenvalue weighted by molar-refractivity contribution is -0.137. The summed E-state index contributed by atoms with van der Waals surface area (Å²) in [4.78, 5) is 34.5. The van der Waals surface area contributed by atoms with E-state index in [1.54, 1.807) is 17.0 Å². The van der Waals surface area contributed by atoms with Crippen LogP contribution in [0.15, 0.2) is 48.8 Å². The SMILES string of the molecule is CCN(CC)C(=O)c1ccc(N2CCN(C(=O)c3cc(C#Cc4cncc(O)c4)cc(C(F)(F)F)c3)CC2)nn1. The Bertz CT molecular complexity index is 1440. The van der Waals surface area contributed by atoms with Gasteiger partial charge in [0.1, 0.15) is 5.75 Å². The fourth-order valence-corrected chi connectivity index (χ4v) is 4.23. The van der Waals surface area contributed by atoms with E-state index in [4.69, 9.17) is 0 Å². The second-order valence-electron chi connectivity index (χ2n) is 9.01. The molecule has 1 aliphatic rings. The highest BCUT2D eigenvalue weighted by molar-refractivity contribution is 5.95. The molecule has 4 rings (SSSR count). The van der Waals surface area contributed by atoms with Crippen molar-refractivity contribution in [2.45, 2.75) is 20.0 Å². The van der Waals surface area contributed by atoms with Crippen molar-refractivity contribution in [3.8, 4) is 17.6 Å².